The third kappa shape index (κ3) is 17.1. The van der Waals surface area contributed by atoms with Crippen LogP contribution in [0.15, 0.2) is 23.0 Å². The molecule has 40 heteroatoms. The van der Waals surface area contributed by atoms with Crippen LogP contribution in [0.2, 0.25) is 0 Å². The van der Waals surface area contributed by atoms with Crippen molar-refractivity contribution in [2.24, 2.45) is 0 Å². The van der Waals surface area contributed by atoms with Crippen LogP contribution in [0, 0.1) is 0 Å². The normalized spacial score (nSPS) is 25.7. The molecule has 11 N–H and O–H groups in total. The van der Waals surface area contributed by atoms with Crippen LogP contribution in [0.4, 0.5) is 11.6 Å². The number of hydrogen-bond donors (Lipinski definition) is 10. The SMILES string of the molecule is CCCCCSc1nc(N)c2ncn([C@@H]3O[C@H](COP(=O)(S)OP(=O)(O)C(Cl)(Cl)P(=O)(O)OP(O)(=S)OC[C@H]4O[C@@H](n5cnc6c(N)nc(SCCCCC)nc65)[C@H](O)[C@@H]4O)[C@@H](O)[C@H]3O)c2n1.[Na+].[Na+].[Na+].[Na+]. The summed E-state index contributed by atoms with van der Waals surface area (Å²) in [7, 11) is -12.2. The van der Waals surface area contributed by atoms with Crippen molar-refractivity contribution in [3.05, 3.63) is 12.7 Å². The number of thiol groups is 1. The zero-order valence-corrected chi connectivity index (χ0v) is 55.5. The first-order valence-corrected chi connectivity index (χ1v) is 31.2. The summed E-state index contributed by atoms with van der Waals surface area (Å²) in [6.45, 7) is -7.98. The molecule has 0 amide bonds. The van der Waals surface area contributed by atoms with Crippen molar-refractivity contribution in [1.29, 1.82) is 0 Å². The third-order valence-corrected chi connectivity index (χ3v) is 23.5. The number of thioether (sulfide) groups is 2. The Morgan fingerprint density at radius 3 is 1.51 bits per heavy atom. The molecule has 2 aliphatic rings. The second-order valence-electron chi connectivity index (χ2n) is 14.9. The standard InChI is InChI=1S/C31H48Cl2N10O16P4S4.4Na/c1-3-5-7-9-66-29-38-23(34)17-25(40-29)42(13-36-17)27-21(46)19(44)15(56-27)11-54-62(52,64)58-60(48,49)31(32,33)61(50,51)59-63(53,65)55-12-16-20(45)22(47)28(57-16)43-14-37-18-24(35)39-30(41-26(18)43)67-10-8-6-4-2;;;;/h13-16,19-22,27-28,44-47H,3-12H2,1-2H3,(H,48,49)(H,50,51)(H,52,64)(H,53,65)(H2,34,38,40)(H2,35,39,41);;;;/q;4*+1/t15-,16-,19-,20-,21-,22-,27-,28-,62?,63?;;;;/m1..../s1. The van der Waals surface area contributed by atoms with Gasteiger partial charge in [-0.3, -0.25) is 22.8 Å². The molecule has 6 heterocycles. The molecule has 0 aromatic carbocycles. The maximum absolute atomic E-state index is 13.4. The number of aliphatic hydroxyl groups excluding tert-OH is 4. The van der Waals surface area contributed by atoms with E-state index in [4.69, 9.17) is 65.0 Å². The summed E-state index contributed by atoms with van der Waals surface area (Å²) in [6.07, 6.45) is -4.30. The van der Waals surface area contributed by atoms with E-state index in [1.807, 2.05) is 0 Å². The molecule has 0 aliphatic carbocycles. The molecule has 0 saturated carbocycles. The summed E-state index contributed by atoms with van der Waals surface area (Å²) in [5.41, 5.74) is 12.9. The third-order valence-electron chi connectivity index (χ3n) is 9.95. The molecule has 4 aromatic rings. The number of ether oxygens (including phenoxy) is 2. The molecular weight excluding hydrogens is 1180 g/mol. The van der Waals surface area contributed by atoms with Crippen LogP contribution < -0.4 is 130 Å². The number of nitrogens with zero attached hydrogens (tertiary/aromatic N) is 8. The number of aromatic nitrogens is 8. The summed E-state index contributed by atoms with van der Waals surface area (Å²) in [5, 5.41) is 44.1. The van der Waals surface area contributed by atoms with Crippen LogP contribution in [-0.2, 0) is 52.6 Å². The van der Waals surface area contributed by atoms with Crippen molar-refractivity contribution >= 4 is 133 Å². The summed E-state index contributed by atoms with van der Waals surface area (Å²) in [6, 6.07) is 0. The molecule has 2 saturated heterocycles. The van der Waals surface area contributed by atoms with Crippen LogP contribution in [0.25, 0.3) is 22.3 Å². The number of unbranched alkanes of at least 4 members (excludes halogenated alkanes) is 4. The number of fused-ring (bicyclic) bond motifs is 2. The van der Waals surface area contributed by atoms with E-state index < -0.39 is 94.8 Å². The number of anilines is 2. The minimum atomic E-state index is -6.13. The van der Waals surface area contributed by atoms with E-state index >= 15 is 0 Å². The van der Waals surface area contributed by atoms with Gasteiger partial charge in [-0.05, 0) is 24.6 Å². The fourth-order valence-corrected chi connectivity index (χ4v) is 17.4. The predicted octanol–water partition coefficient (Wildman–Crippen LogP) is -7.57. The van der Waals surface area contributed by atoms with Crippen molar-refractivity contribution in [1.82, 2.24) is 39.0 Å². The average Bonchev–Trinajstić information content (AvgIpc) is 4.00. The van der Waals surface area contributed by atoms with Gasteiger partial charge < -0.3 is 60.6 Å². The summed E-state index contributed by atoms with van der Waals surface area (Å²) in [4.78, 5) is 58.0. The summed E-state index contributed by atoms with van der Waals surface area (Å²) in [5.74, 6) is 1.52. The minimum Gasteiger partial charge on any atom is -0.387 e. The summed E-state index contributed by atoms with van der Waals surface area (Å²) >= 11 is 22.9. The molecule has 26 nitrogen and oxygen atoms in total. The quantitative estimate of drug-likeness (QED) is 0.00592. The molecular formula is C31H48Cl2N10Na4O16P4S4+4. The van der Waals surface area contributed by atoms with Gasteiger partial charge in [0.25, 0.3) is 0 Å². The van der Waals surface area contributed by atoms with Crippen LogP contribution in [-0.4, -0.2) is 139 Å². The molecule has 2 fully saturated rings. The maximum atomic E-state index is 13.4. The predicted molar refractivity (Wildman–Crippen MR) is 253 cm³/mol. The van der Waals surface area contributed by atoms with E-state index in [0.29, 0.717) is 21.8 Å². The molecule has 376 valence electrons. The fourth-order valence-electron chi connectivity index (χ4n) is 6.48. The van der Waals surface area contributed by atoms with Gasteiger partial charge in [0.05, 0.1) is 25.9 Å². The molecule has 0 radical (unpaired) electrons. The van der Waals surface area contributed by atoms with Crippen molar-refractivity contribution in [2.45, 2.75) is 116 Å². The number of alkyl halides is 2. The molecule has 4 aromatic heterocycles. The number of halogens is 2. The zero-order chi connectivity index (χ0) is 49.3. The van der Waals surface area contributed by atoms with Crippen molar-refractivity contribution in [3.63, 3.8) is 0 Å². The minimum absolute atomic E-state index is 0. The van der Waals surface area contributed by atoms with Crippen LogP contribution in [0.3, 0.4) is 0 Å². The van der Waals surface area contributed by atoms with Crippen LogP contribution >= 0.6 is 87.7 Å². The Balaban J connectivity index is 0.00000432. The van der Waals surface area contributed by atoms with E-state index in [-0.39, 0.29) is 152 Å². The first-order valence-electron chi connectivity index (χ1n) is 20.0. The van der Waals surface area contributed by atoms with Gasteiger partial charge in [0, 0.05) is 11.5 Å². The smallest absolute Gasteiger partial charge is 0.387 e. The largest absolute Gasteiger partial charge is 1.00 e. The van der Waals surface area contributed by atoms with Gasteiger partial charge >= 0.3 is 151 Å². The van der Waals surface area contributed by atoms with Crippen molar-refractivity contribution in [2.75, 3.05) is 36.2 Å². The van der Waals surface area contributed by atoms with Gasteiger partial charge in [0.2, 0.25) is 0 Å². The Morgan fingerprint density at radius 2 is 1.10 bits per heavy atom. The van der Waals surface area contributed by atoms with Crippen molar-refractivity contribution in [3.8, 4) is 0 Å². The van der Waals surface area contributed by atoms with Gasteiger partial charge in [0.1, 0.15) is 47.7 Å². The monoisotopic (exact) mass is 1230 g/mol. The number of aliphatic hydroxyl groups is 4. The Kier molecular flexibility index (Phi) is 29.4. The number of rotatable bonds is 24. The average molecular weight is 1230 g/mol. The van der Waals surface area contributed by atoms with Gasteiger partial charge in [-0.2, -0.15) is 0 Å². The van der Waals surface area contributed by atoms with Gasteiger partial charge in [-0.25, -0.2) is 43.1 Å². The Morgan fingerprint density at radius 1 is 0.704 bits per heavy atom. The van der Waals surface area contributed by atoms with Crippen LogP contribution in [0.1, 0.15) is 64.8 Å². The van der Waals surface area contributed by atoms with Gasteiger partial charge in [-0.1, -0.05) is 98.5 Å². The Bertz CT molecular complexity index is 2450. The van der Waals surface area contributed by atoms with Gasteiger partial charge in [-0.15, -0.1) is 0 Å². The molecule has 71 heavy (non-hydrogen) atoms. The molecule has 4 unspecified atom stereocenters. The van der Waals surface area contributed by atoms with Gasteiger partial charge in [0.15, 0.2) is 45.7 Å². The van der Waals surface area contributed by atoms with Crippen LogP contribution in [0.5, 0.6) is 0 Å². The second-order valence-corrected chi connectivity index (χ2v) is 29.7. The Hall–Kier alpha value is 3.15. The zero-order valence-electron chi connectivity index (χ0n) is 39.1. The number of hydrogen-bond acceptors (Lipinski definition) is 24. The Labute approximate surface area is 524 Å². The number of imidazole rings is 2. The maximum Gasteiger partial charge on any atom is 1.00 e. The summed E-state index contributed by atoms with van der Waals surface area (Å²) < 4.78 is 69.4. The second kappa shape index (κ2) is 29.7. The molecule has 12 atom stereocenters. The van der Waals surface area contributed by atoms with E-state index in [1.54, 1.807) is 0 Å². The molecule has 0 spiro atoms. The first-order chi connectivity index (χ1) is 31.3. The fraction of sp³-hybridized carbons (Fsp3) is 0.677. The number of nitrogens with two attached hydrogens (primary N) is 2. The molecule has 0 bridgehead atoms. The first kappa shape index (κ1) is 70.3. The van der Waals surface area contributed by atoms with E-state index in [0.717, 1.165) is 38.5 Å². The number of nitrogen functional groups attached to an aromatic ring is 2. The molecule has 2 aliphatic heterocycles. The topological polar surface area (TPSA) is 387 Å². The van der Waals surface area contributed by atoms with E-state index in [2.05, 4.69) is 64.6 Å². The van der Waals surface area contributed by atoms with E-state index in [9.17, 15) is 48.8 Å². The molecule has 6 rings (SSSR count). The van der Waals surface area contributed by atoms with Crippen molar-refractivity contribution < 1.29 is 194 Å². The van der Waals surface area contributed by atoms with E-state index in [1.165, 1.54) is 45.3 Å².